The summed E-state index contributed by atoms with van der Waals surface area (Å²) in [5.41, 5.74) is 5.75. The summed E-state index contributed by atoms with van der Waals surface area (Å²) in [6, 6.07) is 6.39. The van der Waals surface area contributed by atoms with Gasteiger partial charge >= 0.3 is 0 Å². The monoisotopic (exact) mass is 321 g/mol. The molecule has 1 rings (SSSR count). The van der Waals surface area contributed by atoms with Crippen molar-refractivity contribution in [3.63, 3.8) is 0 Å². The Hall–Kier alpha value is -1.31. The van der Waals surface area contributed by atoms with E-state index >= 15 is 0 Å². The van der Waals surface area contributed by atoms with Crippen LogP contribution in [0.3, 0.4) is 0 Å². The lowest BCUT2D eigenvalue weighted by Gasteiger charge is -2.19. The summed E-state index contributed by atoms with van der Waals surface area (Å²) in [6.07, 6.45) is 1.03. The van der Waals surface area contributed by atoms with Crippen LogP contribution in [0.15, 0.2) is 24.3 Å². The van der Waals surface area contributed by atoms with E-state index in [0.29, 0.717) is 6.54 Å². The van der Waals surface area contributed by atoms with Gasteiger partial charge in [-0.1, -0.05) is 12.1 Å². The minimum atomic E-state index is -3.43. The number of benzene rings is 1. The Kier molecular flexibility index (Phi) is 6.46. The van der Waals surface area contributed by atoms with E-state index in [1.807, 2.05) is 0 Å². The zero-order chi connectivity index (χ0) is 14.7. The molecule has 0 fully saturated rings. The van der Waals surface area contributed by atoms with Gasteiger partial charge in [-0.3, -0.25) is 9.52 Å². The fourth-order valence-corrected chi connectivity index (χ4v) is 1.95. The van der Waals surface area contributed by atoms with Crippen molar-refractivity contribution in [2.45, 2.75) is 19.4 Å². The van der Waals surface area contributed by atoms with Gasteiger partial charge in [0.2, 0.25) is 10.0 Å². The summed E-state index contributed by atoms with van der Waals surface area (Å²) in [5, 5.41) is 2.67. The molecular formula is C12H20ClN3O3S. The highest BCUT2D eigenvalue weighted by Gasteiger charge is 2.16. The van der Waals surface area contributed by atoms with Crippen LogP contribution in [-0.2, 0) is 10.0 Å². The Morgan fingerprint density at radius 2 is 1.85 bits per heavy atom. The molecule has 0 radical (unpaired) electrons. The van der Waals surface area contributed by atoms with Crippen molar-refractivity contribution in [3.05, 3.63) is 29.8 Å². The molecule has 0 atom stereocenters. The number of hydrogen-bond donors (Lipinski definition) is 3. The maximum atomic E-state index is 12.0. The molecule has 0 aliphatic carbocycles. The van der Waals surface area contributed by atoms with E-state index in [1.165, 1.54) is 6.07 Å². The average Bonchev–Trinajstić information content (AvgIpc) is 2.23. The summed E-state index contributed by atoms with van der Waals surface area (Å²) in [6.45, 7) is 3.86. The van der Waals surface area contributed by atoms with E-state index in [4.69, 9.17) is 5.73 Å². The average molecular weight is 322 g/mol. The molecule has 20 heavy (non-hydrogen) atoms. The fourth-order valence-electron chi connectivity index (χ4n) is 1.37. The third-order valence-corrected chi connectivity index (χ3v) is 2.76. The van der Waals surface area contributed by atoms with Crippen molar-refractivity contribution in [1.29, 1.82) is 0 Å². The lowest BCUT2D eigenvalue weighted by Crippen LogP contribution is -2.45. The maximum Gasteiger partial charge on any atom is 0.253 e. The Morgan fingerprint density at radius 1 is 1.30 bits per heavy atom. The molecule has 0 saturated carbocycles. The van der Waals surface area contributed by atoms with Crippen LogP contribution in [0.5, 0.6) is 0 Å². The van der Waals surface area contributed by atoms with Gasteiger partial charge in [-0.25, -0.2) is 8.42 Å². The van der Waals surface area contributed by atoms with Crippen molar-refractivity contribution < 1.29 is 13.2 Å². The molecule has 0 saturated heterocycles. The van der Waals surface area contributed by atoms with E-state index < -0.39 is 15.6 Å². The highest BCUT2D eigenvalue weighted by Crippen LogP contribution is 2.16. The third-order valence-electron chi connectivity index (χ3n) is 2.17. The minimum absolute atomic E-state index is 0. The summed E-state index contributed by atoms with van der Waals surface area (Å²) in [5.74, 6) is -0.370. The molecule has 1 aromatic rings. The second kappa shape index (κ2) is 6.92. The number of halogens is 1. The van der Waals surface area contributed by atoms with Crippen LogP contribution in [0.1, 0.15) is 24.2 Å². The lowest BCUT2D eigenvalue weighted by atomic mass is 10.1. The SMILES string of the molecule is CC(C)(N)CNC(=O)c1ccccc1NS(C)(=O)=O.Cl. The first-order valence-corrected chi connectivity index (χ1v) is 7.61. The van der Waals surface area contributed by atoms with E-state index in [9.17, 15) is 13.2 Å². The van der Waals surface area contributed by atoms with Crippen molar-refractivity contribution in [2.75, 3.05) is 17.5 Å². The van der Waals surface area contributed by atoms with E-state index in [1.54, 1.807) is 32.0 Å². The van der Waals surface area contributed by atoms with Crippen LogP contribution in [-0.4, -0.2) is 32.7 Å². The first-order valence-electron chi connectivity index (χ1n) is 5.72. The van der Waals surface area contributed by atoms with Crippen LogP contribution in [0.25, 0.3) is 0 Å². The van der Waals surface area contributed by atoms with Gasteiger partial charge in [0.05, 0.1) is 17.5 Å². The number of carbonyl (C=O) groups excluding carboxylic acids is 1. The Balaban J connectivity index is 0.00000361. The zero-order valence-electron chi connectivity index (χ0n) is 11.6. The molecule has 0 heterocycles. The van der Waals surface area contributed by atoms with Crippen LogP contribution in [0.4, 0.5) is 5.69 Å². The highest BCUT2D eigenvalue weighted by molar-refractivity contribution is 7.92. The standard InChI is InChI=1S/C12H19N3O3S.ClH/c1-12(2,13)8-14-11(16)9-6-4-5-7-10(9)15-19(3,17)18;/h4-7,15H,8,13H2,1-3H3,(H,14,16);1H. The predicted molar refractivity (Wildman–Crippen MR) is 82.8 cm³/mol. The molecule has 114 valence electrons. The van der Waals surface area contributed by atoms with Gasteiger partial charge in [0.25, 0.3) is 5.91 Å². The Morgan fingerprint density at radius 3 is 2.35 bits per heavy atom. The molecule has 8 heteroatoms. The van der Waals surface area contributed by atoms with Gasteiger partial charge in [-0.2, -0.15) is 0 Å². The first-order chi connectivity index (χ1) is 8.58. The van der Waals surface area contributed by atoms with E-state index in [2.05, 4.69) is 10.0 Å². The molecule has 1 aromatic carbocycles. The molecular weight excluding hydrogens is 302 g/mol. The Bertz CT molecular complexity index is 568. The van der Waals surface area contributed by atoms with Gasteiger partial charge in [0.1, 0.15) is 0 Å². The van der Waals surface area contributed by atoms with Crippen LogP contribution < -0.4 is 15.8 Å². The molecule has 0 spiro atoms. The van der Waals surface area contributed by atoms with Crippen molar-refractivity contribution in [2.24, 2.45) is 5.73 Å². The highest BCUT2D eigenvalue weighted by atomic mass is 35.5. The van der Waals surface area contributed by atoms with Crippen LogP contribution >= 0.6 is 12.4 Å². The van der Waals surface area contributed by atoms with Gasteiger partial charge in [0, 0.05) is 12.1 Å². The molecule has 1 amide bonds. The van der Waals surface area contributed by atoms with Crippen LogP contribution in [0.2, 0.25) is 0 Å². The lowest BCUT2D eigenvalue weighted by molar-refractivity contribution is 0.0947. The van der Waals surface area contributed by atoms with Crippen molar-refractivity contribution in [1.82, 2.24) is 5.32 Å². The zero-order valence-corrected chi connectivity index (χ0v) is 13.3. The molecule has 0 unspecified atom stereocenters. The molecule has 0 aliphatic rings. The fraction of sp³-hybridized carbons (Fsp3) is 0.417. The predicted octanol–water partition coefficient (Wildman–Crippen LogP) is 0.947. The summed E-state index contributed by atoms with van der Waals surface area (Å²) >= 11 is 0. The summed E-state index contributed by atoms with van der Waals surface area (Å²) in [4.78, 5) is 12.0. The second-order valence-corrected chi connectivity index (χ2v) is 6.84. The quantitative estimate of drug-likeness (QED) is 0.751. The summed E-state index contributed by atoms with van der Waals surface area (Å²) in [7, 11) is -3.43. The Labute approximate surface area is 125 Å². The number of nitrogens with one attached hydrogen (secondary N) is 2. The van der Waals surface area contributed by atoms with Gasteiger partial charge in [0.15, 0.2) is 0 Å². The second-order valence-electron chi connectivity index (χ2n) is 5.09. The number of rotatable bonds is 5. The molecule has 0 aliphatic heterocycles. The number of anilines is 1. The van der Waals surface area contributed by atoms with Gasteiger partial charge < -0.3 is 11.1 Å². The largest absolute Gasteiger partial charge is 0.350 e. The molecule has 6 nitrogen and oxygen atoms in total. The molecule has 4 N–H and O–H groups in total. The number of carbonyl (C=O) groups is 1. The smallest absolute Gasteiger partial charge is 0.253 e. The normalized spacial score (nSPS) is 11.4. The third kappa shape index (κ3) is 6.74. The molecule has 0 bridgehead atoms. The minimum Gasteiger partial charge on any atom is -0.350 e. The maximum absolute atomic E-state index is 12.0. The van der Waals surface area contributed by atoms with Crippen molar-refractivity contribution >= 4 is 34.0 Å². The van der Waals surface area contributed by atoms with Gasteiger partial charge in [-0.05, 0) is 26.0 Å². The van der Waals surface area contributed by atoms with Crippen molar-refractivity contribution in [3.8, 4) is 0 Å². The summed E-state index contributed by atoms with van der Waals surface area (Å²) < 4.78 is 24.8. The van der Waals surface area contributed by atoms with E-state index in [0.717, 1.165) is 6.26 Å². The topological polar surface area (TPSA) is 101 Å². The number of nitrogens with two attached hydrogens (primary N) is 1. The number of amides is 1. The van der Waals surface area contributed by atoms with E-state index in [-0.39, 0.29) is 29.6 Å². The van der Waals surface area contributed by atoms with Gasteiger partial charge in [-0.15, -0.1) is 12.4 Å². The van der Waals surface area contributed by atoms with Crippen LogP contribution in [0, 0.1) is 0 Å². The number of hydrogen-bond acceptors (Lipinski definition) is 4. The number of para-hydroxylation sites is 1. The first kappa shape index (κ1) is 18.7. The number of sulfonamides is 1. The molecule has 0 aromatic heterocycles.